The summed E-state index contributed by atoms with van der Waals surface area (Å²) in [5, 5.41) is 0. The van der Waals surface area contributed by atoms with Crippen LogP contribution in [0.3, 0.4) is 0 Å². The van der Waals surface area contributed by atoms with Crippen LogP contribution >= 0.6 is 0 Å². The molecule has 0 radical (unpaired) electrons. The Bertz CT molecular complexity index is 1420. The van der Waals surface area contributed by atoms with Gasteiger partial charge < -0.3 is 0 Å². The van der Waals surface area contributed by atoms with Crippen molar-refractivity contribution in [1.82, 2.24) is 0 Å². The Morgan fingerprint density at radius 2 is 0.909 bits per heavy atom. The highest BCUT2D eigenvalue weighted by Crippen LogP contribution is 2.81. The minimum atomic E-state index is 0.0188. The van der Waals surface area contributed by atoms with Crippen LogP contribution in [0.15, 0.2) is 60.7 Å². The SMILES string of the molecule is CC=Cc1cccc(C2(c3cccc(C=CC)c3C=CC)C3CC4CC(C3)CC2(C23CC5CC(CC(C5)C2)C3)C4)c1C=CC. The molecule has 0 saturated heterocycles. The van der Waals surface area contributed by atoms with Crippen LogP contribution in [0, 0.1) is 46.3 Å². The Hall–Kier alpha value is -2.60. The highest BCUT2D eigenvalue weighted by atomic mass is 14.8. The van der Waals surface area contributed by atoms with E-state index in [0.29, 0.717) is 16.7 Å². The molecule has 0 nitrogen and oxygen atoms in total. The van der Waals surface area contributed by atoms with Gasteiger partial charge in [0.05, 0.1) is 0 Å². The van der Waals surface area contributed by atoms with Crippen LogP contribution in [0.2, 0.25) is 0 Å². The molecule has 8 bridgehead atoms. The van der Waals surface area contributed by atoms with Crippen LogP contribution in [-0.4, -0.2) is 0 Å². The predicted octanol–water partition coefficient (Wildman–Crippen LogP) is 12.1. The Morgan fingerprint density at radius 1 is 0.500 bits per heavy atom. The molecule has 2 atom stereocenters. The van der Waals surface area contributed by atoms with Gasteiger partial charge in [0.1, 0.15) is 0 Å². The summed E-state index contributed by atoms with van der Waals surface area (Å²) in [6, 6.07) is 14.8. The Morgan fingerprint density at radius 3 is 1.32 bits per heavy atom. The summed E-state index contributed by atoms with van der Waals surface area (Å²) in [6.07, 6.45) is 35.2. The first kappa shape index (κ1) is 28.8. The van der Waals surface area contributed by atoms with E-state index in [1.165, 1.54) is 92.9 Å². The molecule has 10 rings (SSSR count). The van der Waals surface area contributed by atoms with Gasteiger partial charge in [0, 0.05) is 5.41 Å². The molecular weight excluding hydrogens is 528 g/mol. The lowest BCUT2D eigenvalue weighted by atomic mass is 9.26. The van der Waals surface area contributed by atoms with E-state index in [1.807, 2.05) is 0 Å². The summed E-state index contributed by atoms with van der Waals surface area (Å²) in [6.45, 7) is 8.83. The lowest BCUT2D eigenvalue weighted by molar-refractivity contribution is -0.234. The van der Waals surface area contributed by atoms with Crippen molar-refractivity contribution in [2.45, 2.75) is 104 Å². The number of benzene rings is 2. The van der Waals surface area contributed by atoms with Crippen molar-refractivity contribution < 1.29 is 0 Å². The molecular formula is C44H54. The van der Waals surface area contributed by atoms with Crippen molar-refractivity contribution in [3.05, 3.63) is 94.1 Å². The van der Waals surface area contributed by atoms with Gasteiger partial charge in [-0.3, -0.25) is 0 Å². The van der Waals surface area contributed by atoms with Crippen LogP contribution in [0.4, 0.5) is 0 Å². The highest BCUT2D eigenvalue weighted by Gasteiger charge is 2.75. The Labute approximate surface area is 267 Å². The molecule has 8 fully saturated rings. The lowest BCUT2D eigenvalue weighted by Crippen LogP contribution is -2.71. The molecule has 0 spiro atoms. The summed E-state index contributed by atoms with van der Waals surface area (Å²) >= 11 is 0. The summed E-state index contributed by atoms with van der Waals surface area (Å²) in [7, 11) is 0. The number of hydrogen-bond donors (Lipinski definition) is 0. The van der Waals surface area contributed by atoms with Crippen LogP contribution in [0.1, 0.15) is 132 Å². The molecule has 0 heterocycles. The Kier molecular flexibility index (Phi) is 7.04. The second-order valence-electron chi connectivity index (χ2n) is 16.2. The van der Waals surface area contributed by atoms with Crippen molar-refractivity contribution in [3.63, 3.8) is 0 Å². The fourth-order valence-corrected chi connectivity index (χ4v) is 13.9. The minimum absolute atomic E-state index is 0.0188. The maximum absolute atomic E-state index is 2.62. The zero-order valence-corrected chi connectivity index (χ0v) is 27.8. The molecule has 44 heavy (non-hydrogen) atoms. The van der Waals surface area contributed by atoms with Crippen molar-refractivity contribution in [1.29, 1.82) is 0 Å². The number of allylic oxidation sites excluding steroid dienone is 4. The van der Waals surface area contributed by atoms with E-state index in [2.05, 4.69) is 113 Å². The van der Waals surface area contributed by atoms with Gasteiger partial charge in [0.25, 0.3) is 0 Å². The van der Waals surface area contributed by atoms with Gasteiger partial charge in [0.2, 0.25) is 0 Å². The van der Waals surface area contributed by atoms with Crippen LogP contribution in [0.5, 0.6) is 0 Å². The van der Waals surface area contributed by atoms with E-state index in [4.69, 9.17) is 0 Å². The fourth-order valence-electron chi connectivity index (χ4n) is 13.9. The van der Waals surface area contributed by atoms with Crippen LogP contribution in [-0.2, 0) is 5.41 Å². The first-order valence-corrected chi connectivity index (χ1v) is 18.3. The van der Waals surface area contributed by atoms with Gasteiger partial charge in [-0.25, -0.2) is 0 Å². The number of hydrogen-bond acceptors (Lipinski definition) is 0. The zero-order valence-electron chi connectivity index (χ0n) is 27.8. The topological polar surface area (TPSA) is 0 Å². The van der Waals surface area contributed by atoms with Gasteiger partial charge in [-0.2, -0.15) is 0 Å². The summed E-state index contributed by atoms with van der Waals surface area (Å²) in [5.74, 6) is 5.46. The molecule has 230 valence electrons. The second-order valence-corrected chi connectivity index (χ2v) is 16.2. The van der Waals surface area contributed by atoms with Gasteiger partial charge in [-0.05, 0) is 178 Å². The third-order valence-electron chi connectivity index (χ3n) is 14.1. The summed E-state index contributed by atoms with van der Waals surface area (Å²) in [4.78, 5) is 0. The molecule has 2 unspecified atom stereocenters. The van der Waals surface area contributed by atoms with E-state index in [-0.39, 0.29) is 5.41 Å². The third kappa shape index (κ3) is 3.88. The normalized spacial score (nSPS) is 40.5. The van der Waals surface area contributed by atoms with Crippen LogP contribution < -0.4 is 0 Å². The predicted molar refractivity (Wildman–Crippen MR) is 189 cm³/mol. The van der Waals surface area contributed by atoms with E-state index >= 15 is 0 Å². The average molecular weight is 583 g/mol. The summed E-state index contributed by atoms with van der Waals surface area (Å²) < 4.78 is 0. The standard InChI is InChI=1S/C44H54/c1-5-11-35-15-9-17-40(38(35)13-7-3)44(41-18-10-16-36(12-6-2)39(41)14-8-4)37-23-33-22-34(24-37)29-43(44,28-33)42-25-30-19-31(26-42)21-32(20-30)27-42/h5-18,30-34,37H,19-29H2,1-4H3. The largest absolute Gasteiger partial charge is 0.0870 e. The molecule has 2 aromatic carbocycles. The van der Waals surface area contributed by atoms with Gasteiger partial charge in [0.15, 0.2) is 0 Å². The smallest absolute Gasteiger partial charge is 0.0305 e. The molecule has 8 aliphatic carbocycles. The maximum atomic E-state index is 2.62. The van der Waals surface area contributed by atoms with Crippen molar-refractivity contribution >= 4 is 24.3 Å². The van der Waals surface area contributed by atoms with E-state index in [0.717, 1.165) is 29.6 Å². The monoisotopic (exact) mass is 582 g/mol. The van der Waals surface area contributed by atoms with E-state index in [1.54, 1.807) is 11.1 Å². The minimum Gasteiger partial charge on any atom is -0.0870 e. The Balaban J connectivity index is 1.52. The highest BCUT2D eigenvalue weighted by molar-refractivity contribution is 5.75. The van der Waals surface area contributed by atoms with Crippen molar-refractivity contribution in [2.24, 2.45) is 46.3 Å². The summed E-state index contributed by atoms with van der Waals surface area (Å²) in [5.41, 5.74) is 9.92. The van der Waals surface area contributed by atoms with Crippen molar-refractivity contribution in [3.8, 4) is 0 Å². The molecule has 0 heteroatoms. The van der Waals surface area contributed by atoms with E-state index in [9.17, 15) is 0 Å². The fraction of sp³-hybridized carbons (Fsp3) is 0.545. The molecule has 0 aliphatic heterocycles. The van der Waals surface area contributed by atoms with E-state index < -0.39 is 0 Å². The van der Waals surface area contributed by atoms with Gasteiger partial charge >= 0.3 is 0 Å². The third-order valence-corrected chi connectivity index (χ3v) is 14.1. The molecule has 0 aromatic heterocycles. The molecule has 8 saturated carbocycles. The maximum Gasteiger partial charge on any atom is 0.0305 e. The molecule has 8 aliphatic rings. The van der Waals surface area contributed by atoms with Gasteiger partial charge in [-0.15, -0.1) is 0 Å². The van der Waals surface area contributed by atoms with Crippen molar-refractivity contribution in [2.75, 3.05) is 0 Å². The lowest BCUT2D eigenvalue weighted by Gasteiger charge is -2.77. The molecule has 0 N–H and O–H groups in total. The molecule has 0 amide bonds. The number of rotatable bonds is 7. The van der Waals surface area contributed by atoms with Crippen LogP contribution in [0.25, 0.3) is 24.3 Å². The van der Waals surface area contributed by atoms with Gasteiger partial charge in [-0.1, -0.05) is 85.0 Å². The molecule has 2 aromatic rings. The first-order chi connectivity index (χ1) is 21.5. The average Bonchev–Trinajstić information content (AvgIpc) is 2.99. The first-order valence-electron chi connectivity index (χ1n) is 18.3. The quantitative estimate of drug-likeness (QED) is 0.305. The second kappa shape index (κ2) is 10.7. The zero-order chi connectivity index (χ0) is 30.1.